The van der Waals surface area contributed by atoms with E-state index < -0.39 is 22.0 Å². The van der Waals surface area contributed by atoms with Crippen LogP contribution in [0.3, 0.4) is 0 Å². The molecule has 6 nitrogen and oxygen atoms in total. The maximum Gasteiger partial charge on any atom is 0.265 e. The second-order valence-corrected chi connectivity index (χ2v) is 6.63. The molecular formula is C11H15F2N3O3S. The Hall–Kier alpha value is -1.16. The molecule has 0 amide bonds. The second kappa shape index (κ2) is 5.32. The molecular weight excluding hydrogens is 292 g/mol. The van der Waals surface area contributed by atoms with E-state index in [0.29, 0.717) is 0 Å². The second-order valence-electron chi connectivity index (χ2n) is 4.75. The largest absolute Gasteiger partial charge is 0.387 e. The summed E-state index contributed by atoms with van der Waals surface area (Å²) in [6, 6.07) is 2.06. The summed E-state index contributed by atoms with van der Waals surface area (Å²) >= 11 is 0. The maximum absolute atomic E-state index is 12.4. The van der Waals surface area contributed by atoms with Gasteiger partial charge in [-0.05, 0) is 18.6 Å². The van der Waals surface area contributed by atoms with Crippen molar-refractivity contribution in [2.45, 2.75) is 23.5 Å². The first-order chi connectivity index (χ1) is 9.28. The van der Waals surface area contributed by atoms with Gasteiger partial charge in [-0.2, -0.15) is 4.31 Å². The lowest BCUT2D eigenvalue weighted by molar-refractivity contribution is 0.0651. The highest BCUT2D eigenvalue weighted by Crippen LogP contribution is 2.26. The summed E-state index contributed by atoms with van der Waals surface area (Å²) < 4.78 is 50.3. The van der Waals surface area contributed by atoms with Crippen LogP contribution in [0.2, 0.25) is 0 Å². The molecule has 1 aromatic rings. The van der Waals surface area contributed by atoms with Crippen LogP contribution in [0.15, 0.2) is 23.4 Å². The lowest BCUT2D eigenvalue weighted by atomic mass is 10.1. The van der Waals surface area contributed by atoms with Crippen LogP contribution < -0.4 is 5.73 Å². The number of nitrogens with zero attached hydrogens (tertiary/aromatic N) is 2. The Balaban J connectivity index is 2.23. The molecule has 2 rings (SSSR count). The first-order valence-corrected chi connectivity index (χ1v) is 7.39. The van der Waals surface area contributed by atoms with Crippen LogP contribution in [-0.4, -0.2) is 48.0 Å². The highest BCUT2D eigenvalue weighted by molar-refractivity contribution is 7.89. The van der Waals surface area contributed by atoms with Crippen LogP contribution in [0.25, 0.3) is 0 Å². The molecule has 1 aliphatic rings. The number of alkyl halides is 2. The first kappa shape index (κ1) is 15.2. The fourth-order valence-electron chi connectivity index (χ4n) is 2.00. The van der Waals surface area contributed by atoms with Gasteiger partial charge in [0.25, 0.3) is 16.4 Å². The van der Waals surface area contributed by atoms with Gasteiger partial charge >= 0.3 is 0 Å². The summed E-state index contributed by atoms with van der Waals surface area (Å²) in [5, 5.41) is 9.63. The van der Waals surface area contributed by atoms with E-state index in [4.69, 9.17) is 5.73 Å². The molecule has 1 unspecified atom stereocenters. The van der Waals surface area contributed by atoms with Gasteiger partial charge in [-0.3, -0.25) is 0 Å². The van der Waals surface area contributed by atoms with Crippen molar-refractivity contribution in [1.29, 1.82) is 0 Å². The molecule has 0 aromatic carbocycles. The molecule has 2 heterocycles. The molecule has 1 aliphatic heterocycles. The molecule has 20 heavy (non-hydrogen) atoms. The minimum absolute atomic E-state index is 0.0449. The number of β-amino-alcohol motifs (C(OH)–C–C–N with tert-alkyl or cyclic N) is 1. The molecule has 9 heteroatoms. The number of aliphatic hydroxyl groups is 1. The van der Waals surface area contributed by atoms with Crippen molar-refractivity contribution >= 4 is 10.0 Å². The highest BCUT2D eigenvalue weighted by atomic mass is 32.2. The maximum atomic E-state index is 12.4. The molecule has 1 atom stereocenters. The van der Waals surface area contributed by atoms with E-state index in [1.165, 1.54) is 0 Å². The number of hydrogen-bond acceptors (Lipinski definition) is 5. The van der Waals surface area contributed by atoms with Crippen molar-refractivity contribution in [2.24, 2.45) is 5.73 Å². The Kier molecular flexibility index (Phi) is 4.05. The highest BCUT2D eigenvalue weighted by Gasteiger charge is 2.41. The van der Waals surface area contributed by atoms with Crippen LogP contribution in [0.4, 0.5) is 8.78 Å². The van der Waals surface area contributed by atoms with E-state index >= 15 is 0 Å². The average molecular weight is 307 g/mol. The Bertz CT molecular complexity index is 579. The van der Waals surface area contributed by atoms with E-state index in [1.807, 2.05) is 0 Å². The van der Waals surface area contributed by atoms with Gasteiger partial charge in [0.15, 0.2) is 5.03 Å². The lowest BCUT2D eigenvalue weighted by Crippen LogP contribution is -2.41. The smallest absolute Gasteiger partial charge is 0.265 e. The first-order valence-electron chi connectivity index (χ1n) is 5.95. The molecule has 1 fully saturated rings. The van der Waals surface area contributed by atoms with E-state index in [0.717, 1.165) is 22.6 Å². The fraction of sp³-hybridized carbons (Fsp3) is 0.545. The number of aromatic nitrogens is 1. The fourth-order valence-corrected chi connectivity index (χ4v) is 3.43. The lowest BCUT2D eigenvalue weighted by Gasteiger charge is -2.21. The van der Waals surface area contributed by atoms with Gasteiger partial charge in [0.05, 0.1) is 5.60 Å². The molecule has 0 spiro atoms. The third-order valence-corrected chi connectivity index (χ3v) is 5.05. The summed E-state index contributed by atoms with van der Waals surface area (Å²) in [6.07, 6.45) is -1.63. The van der Waals surface area contributed by atoms with Gasteiger partial charge < -0.3 is 10.8 Å². The van der Waals surface area contributed by atoms with Crippen LogP contribution in [0.1, 0.15) is 18.4 Å². The molecule has 0 aliphatic carbocycles. The van der Waals surface area contributed by atoms with Crippen molar-refractivity contribution in [3.8, 4) is 0 Å². The number of nitrogens with two attached hydrogens (primary N) is 1. The zero-order valence-electron chi connectivity index (χ0n) is 10.5. The summed E-state index contributed by atoms with van der Waals surface area (Å²) in [5.74, 6) is 0. The SMILES string of the molecule is NCC1(O)CCN(S(=O)(=O)c2ccc(C(F)F)cn2)C1. The van der Waals surface area contributed by atoms with Gasteiger partial charge in [-0.1, -0.05) is 0 Å². The van der Waals surface area contributed by atoms with Crippen molar-refractivity contribution < 1.29 is 22.3 Å². The van der Waals surface area contributed by atoms with Gasteiger partial charge in [0.2, 0.25) is 0 Å². The zero-order valence-corrected chi connectivity index (χ0v) is 11.4. The third kappa shape index (κ3) is 2.80. The molecule has 0 saturated carbocycles. The monoisotopic (exact) mass is 307 g/mol. The third-order valence-electron chi connectivity index (χ3n) is 3.29. The Morgan fingerprint density at radius 3 is 2.65 bits per heavy atom. The molecule has 112 valence electrons. The van der Waals surface area contributed by atoms with E-state index in [-0.39, 0.29) is 36.6 Å². The standard InChI is InChI=1S/C11H15F2N3O3S/c12-10(13)8-1-2-9(15-5-8)20(18,19)16-4-3-11(17,6-14)7-16/h1-2,5,10,17H,3-4,6-7,14H2. The minimum atomic E-state index is -3.90. The van der Waals surface area contributed by atoms with E-state index in [9.17, 15) is 22.3 Å². The summed E-state index contributed by atoms with van der Waals surface area (Å²) in [4.78, 5) is 3.57. The quantitative estimate of drug-likeness (QED) is 0.822. The zero-order chi connectivity index (χ0) is 15.0. The topological polar surface area (TPSA) is 96.5 Å². The Labute approximate surface area is 115 Å². The molecule has 1 saturated heterocycles. The molecule has 1 aromatic heterocycles. The van der Waals surface area contributed by atoms with Gasteiger partial charge in [0, 0.05) is 31.4 Å². The Morgan fingerprint density at radius 2 is 2.20 bits per heavy atom. The summed E-state index contributed by atoms with van der Waals surface area (Å²) in [6.45, 7) is -0.0464. The van der Waals surface area contributed by atoms with Crippen LogP contribution in [0.5, 0.6) is 0 Å². The number of sulfonamides is 1. The van der Waals surface area contributed by atoms with Crippen molar-refractivity contribution in [3.05, 3.63) is 23.9 Å². The summed E-state index contributed by atoms with van der Waals surface area (Å²) in [7, 11) is -3.90. The van der Waals surface area contributed by atoms with Gasteiger partial charge in [0.1, 0.15) is 0 Å². The van der Waals surface area contributed by atoms with E-state index in [1.54, 1.807) is 0 Å². The summed E-state index contributed by atoms with van der Waals surface area (Å²) in [5.41, 5.74) is 3.81. The molecule has 3 N–H and O–H groups in total. The van der Waals surface area contributed by atoms with Gasteiger partial charge in [-0.25, -0.2) is 22.2 Å². The number of rotatable bonds is 4. The van der Waals surface area contributed by atoms with Crippen LogP contribution in [0, 0.1) is 0 Å². The Morgan fingerprint density at radius 1 is 1.50 bits per heavy atom. The predicted octanol–water partition coefficient (Wildman–Crippen LogP) is 0.103. The van der Waals surface area contributed by atoms with Crippen LogP contribution >= 0.6 is 0 Å². The molecule has 0 bridgehead atoms. The van der Waals surface area contributed by atoms with E-state index in [2.05, 4.69) is 4.98 Å². The van der Waals surface area contributed by atoms with Crippen LogP contribution in [-0.2, 0) is 10.0 Å². The number of pyridine rings is 1. The predicted molar refractivity (Wildman–Crippen MR) is 66.6 cm³/mol. The van der Waals surface area contributed by atoms with Gasteiger partial charge in [-0.15, -0.1) is 0 Å². The normalized spacial score (nSPS) is 24.4. The molecule has 0 radical (unpaired) electrons. The van der Waals surface area contributed by atoms with Crippen molar-refractivity contribution in [3.63, 3.8) is 0 Å². The van der Waals surface area contributed by atoms with Crippen molar-refractivity contribution in [2.75, 3.05) is 19.6 Å². The number of halogens is 2. The van der Waals surface area contributed by atoms with Crippen molar-refractivity contribution in [1.82, 2.24) is 9.29 Å². The minimum Gasteiger partial charge on any atom is -0.387 e. The number of hydrogen-bond donors (Lipinski definition) is 2. The average Bonchev–Trinajstić information content (AvgIpc) is 2.83.